The Kier molecular flexibility index (Phi) is 9.13. The van der Waals surface area contributed by atoms with Crippen molar-refractivity contribution in [3.05, 3.63) is 65.2 Å². The normalized spacial score (nSPS) is 12.8. The number of nitriles is 1. The monoisotopic (exact) mass is 411 g/mol. The Morgan fingerprint density at radius 2 is 1.87 bits per heavy atom. The standard InChI is InChI=1S/C23H29N3O4/c1-16(2)13-25-14-22(27)21(26-23(28)29)11-17-6-8-20(9-7-17)30-15-19-5-3-4-18(10-19)12-24/h3-10,16,21-22,25-27H,11,13-15H2,1-2H3,(H,28,29)/t21-,22-/m0/s1. The summed E-state index contributed by atoms with van der Waals surface area (Å²) in [7, 11) is 0. The highest BCUT2D eigenvalue weighted by atomic mass is 16.5. The number of hydrogen-bond acceptors (Lipinski definition) is 5. The van der Waals surface area contributed by atoms with E-state index in [4.69, 9.17) is 15.1 Å². The van der Waals surface area contributed by atoms with E-state index in [0.29, 0.717) is 36.8 Å². The molecule has 0 aliphatic carbocycles. The molecule has 0 saturated heterocycles. The van der Waals surface area contributed by atoms with Crippen molar-refractivity contribution in [1.29, 1.82) is 5.26 Å². The van der Waals surface area contributed by atoms with E-state index in [0.717, 1.165) is 17.7 Å². The summed E-state index contributed by atoms with van der Waals surface area (Å²) in [5, 5.41) is 34.0. The fourth-order valence-corrected chi connectivity index (χ4v) is 2.98. The third-order valence-corrected chi connectivity index (χ3v) is 4.52. The lowest BCUT2D eigenvalue weighted by Gasteiger charge is -2.24. The van der Waals surface area contributed by atoms with Gasteiger partial charge in [0.1, 0.15) is 12.4 Å². The number of carbonyl (C=O) groups is 1. The highest BCUT2D eigenvalue weighted by Gasteiger charge is 2.21. The summed E-state index contributed by atoms with van der Waals surface area (Å²) >= 11 is 0. The fraction of sp³-hybridized carbons (Fsp3) is 0.391. The lowest BCUT2D eigenvalue weighted by molar-refractivity contribution is 0.117. The van der Waals surface area contributed by atoms with Crippen LogP contribution in [0.2, 0.25) is 0 Å². The van der Waals surface area contributed by atoms with Crippen molar-refractivity contribution in [2.45, 2.75) is 39.0 Å². The first-order valence-corrected chi connectivity index (χ1v) is 9.96. The van der Waals surface area contributed by atoms with E-state index in [-0.39, 0.29) is 0 Å². The molecule has 0 spiro atoms. The molecule has 2 aromatic carbocycles. The number of aliphatic hydroxyl groups excluding tert-OH is 1. The van der Waals surface area contributed by atoms with Gasteiger partial charge in [-0.1, -0.05) is 38.1 Å². The summed E-state index contributed by atoms with van der Waals surface area (Å²) in [5.41, 5.74) is 2.38. The number of benzene rings is 2. The molecule has 2 aromatic rings. The lowest BCUT2D eigenvalue weighted by Crippen LogP contribution is -2.48. The van der Waals surface area contributed by atoms with E-state index in [2.05, 4.69) is 30.6 Å². The van der Waals surface area contributed by atoms with E-state index < -0.39 is 18.2 Å². The molecule has 2 rings (SSSR count). The van der Waals surface area contributed by atoms with Crippen molar-refractivity contribution in [1.82, 2.24) is 10.6 Å². The minimum absolute atomic E-state index is 0.312. The number of hydrogen-bond donors (Lipinski definition) is 4. The van der Waals surface area contributed by atoms with Gasteiger partial charge in [0.2, 0.25) is 0 Å². The summed E-state index contributed by atoms with van der Waals surface area (Å²) in [4.78, 5) is 11.1. The Hall–Kier alpha value is -3.08. The largest absolute Gasteiger partial charge is 0.489 e. The molecule has 2 atom stereocenters. The third-order valence-electron chi connectivity index (χ3n) is 4.52. The quantitative estimate of drug-likeness (QED) is 0.452. The fourth-order valence-electron chi connectivity index (χ4n) is 2.98. The van der Waals surface area contributed by atoms with Gasteiger partial charge in [0.25, 0.3) is 0 Å². The molecule has 0 radical (unpaired) electrons. The first-order valence-electron chi connectivity index (χ1n) is 9.96. The molecule has 160 valence electrons. The van der Waals surface area contributed by atoms with Crippen molar-refractivity contribution in [3.8, 4) is 11.8 Å². The van der Waals surface area contributed by atoms with Crippen molar-refractivity contribution in [3.63, 3.8) is 0 Å². The van der Waals surface area contributed by atoms with Gasteiger partial charge in [-0.15, -0.1) is 0 Å². The number of aliphatic hydroxyl groups is 1. The van der Waals surface area contributed by atoms with Crippen LogP contribution in [0, 0.1) is 17.2 Å². The van der Waals surface area contributed by atoms with Gasteiger partial charge in [0.15, 0.2) is 0 Å². The second-order valence-electron chi connectivity index (χ2n) is 7.62. The zero-order valence-corrected chi connectivity index (χ0v) is 17.3. The first-order chi connectivity index (χ1) is 14.4. The van der Waals surface area contributed by atoms with Crippen molar-refractivity contribution >= 4 is 6.09 Å². The Labute approximate surface area is 177 Å². The second-order valence-corrected chi connectivity index (χ2v) is 7.62. The van der Waals surface area contributed by atoms with Gasteiger partial charge >= 0.3 is 6.09 Å². The average Bonchev–Trinajstić information content (AvgIpc) is 2.72. The van der Waals surface area contributed by atoms with Crippen LogP contribution in [0.5, 0.6) is 5.75 Å². The summed E-state index contributed by atoms with van der Waals surface area (Å²) < 4.78 is 5.76. The topological polar surface area (TPSA) is 115 Å². The van der Waals surface area contributed by atoms with Crippen LogP contribution in [0.25, 0.3) is 0 Å². The molecule has 7 nitrogen and oxygen atoms in total. The molecule has 4 N–H and O–H groups in total. The molecule has 0 aliphatic heterocycles. The zero-order valence-electron chi connectivity index (χ0n) is 17.3. The maximum atomic E-state index is 11.1. The third kappa shape index (κ3) is 8.11. The molecule has 30 heavy (non-hydrogen) atoms. The molecule has 0 unspecified atom stereocenters. The zero-order chi connectivity index (χ0) is 21.9. The van der Waals surface area contributed by atoms with E-state index >= 15 is 0 Å². The van der Waals surface area contributed by atoms with Gasteiger partial charge in [-0.3, -0.25) is 0 Å². The van der Waals surface area contributed by atoms with Gasteiger partial charge < -0.3 is 25.6 Å². The molecular formula is C23H29N3O4. The summed E-state index contributed by atoms with van der Waals surface area (Å²) in [6.07, 6.45) is -1.65. The molecule has 0 fully saturated rings. The number of ether oxygens (including phenoxy) is 1. The number of nitrogens with zero attached hydrogens (tertiary/aromatic N) is 1. The molecule has 0 aliphatic rings. The van der Waals surface area contributed by atoms with E-state index in [1.165, 1.54) is 0 Å². The second kappa shape index (κ2) is 11.8. The Balaban J connectivity index is 1.93. The molecule has 0 saturated carbocycles. The Morgan fingerprint density at radius 3 is 2.50 bits per heavy atom. The highest BCUT2D eigenvalue weighted by Crippen LogP contribution is 2.16. The van der Waals surface area contributed by atoms with Crippen LogP contribution in [0.1, 0.15) is 30.5 Å². The van der Waals surface area contributed by atoms with E-state index in [1.54, 1.807) is 12.1 Å². The average molecular weight is 412 g/mol. The maximum Gasteiger partial charge on any atom is 0.404 e. The number of rotatable bonds is 11. The van der Waals surface area contributed by atoms with Crippen molar-refractivity contribution in [2.75, 3.05) is 13.1 Å². The molecule has 0 bridgehead atoms. The molecular weight excluding hydrogens is 382 g/mol. The van der Waals surface area contributed by atoms with Crippen LogP contribution in [0.15, 0.2) is 48.5 Å². The smallest absolute Gasteiger partial charge is 0.404 e. The predicted molar refractivity (Wildman–Crippen MR) is 114 cm³/mol. The molecule has 0 aromatic heterocycles. The van der Waals surface area contributed by atoms with Crippen LogP contribution in [0.3, 0.4) is 0 Å². The van der Waals surface area contributed by atoms with Crippen LogP contribution < -0.4 is 15.4 Å². The van der Waals surface area contributed by atoms with Crippen LogP contribution in [0.4, 0.5) is 4.79 Å². The summed E-state index contributed by atoms with van der Waals surface area (Å²) in [6, 6.07) is 16.0. The number of nitrogens with one attached hydrogen (secondary N) is 2. The number of amides is 1. The van der Waals surface area contributed by atoms with Crippen molar-refractivity contribution < 1.29 is 19.7 Å². The molecule has 0 heterocycles. The Bertz CT molecular complexity index is 846. The first kappa shape index (κ1) is 23.2. The van der Waals surface area contributed by atoms with Gasteiger partial charge in [-0.05, 0) is 54.3 Å². The van der Waals surface area contributed by atoms with Crippen LogP contribution >= 0.6 is 0 Å². The van der Waals surface area contributed by atoms with Crippen LogP contribution in [-0.2, 0) is 13.0 Å². The SMILES string of the molecule is CC(C)CNC[C@H](O)[C@H](Cc1ccc(OCc2cccc(C#N)c2)cc1)NC(=O)O. The Morgan fingerprint density at radius 1 is 1.13 bits per heavy atom. The predicted octanol–water partition coefficient (Wildman–Crippen LogP) is 2.92. The van der Waals surface area contributed by atoms with E-state index in [9.17, 15) is 9.90 Å². The van der Waals surface area contributed by atoms with Gasteiger partial charge in [-0.2, -0.15) is 5.26 Å². The van der Waals surface area contributed by atoms with Crippen molar-refractivity contribution in [2.24, 2.45) is 5.92 Å². The van der Waals surface area contributed by atoms with Crippen LogP contribution in [-0.4, -0.2) is 41.5 Å². The number of carboxylic acid groups (broad SMARTS) is 1. The van der Waals surface area contributed by atoms with Gasteiger partial charge in [0.05, 0.1) is 23.8 Å². The molecule has 1 amide bonds. The van der Waals surface area contributed by atoms with Gasteiger partial charge in [0, 0.05) is 6.54 Å². The lowest BCUT2D eigenvalue weighted by atomic mass is 10.0. The van der Waals surface area contributed by atoms with Gasteiger partial charge in [-0.25, -0.2) is 4.79 Å². The highest BCUT2D eigenvalue weighted by molar-refractivity contribution is 5.65. The maximum absolute atomic E-state index is 11.1. The molecule has 7 heteroatoms. The minimum Gasteiger partial charge on any atom is -0.489 e. The summed E-state index contributed by atoms with van der Waals surface area (Å²) in [5.74, 6) is 1.11. The summed E-state index contributed by atoms with van der Waals surface area (Å²) in [6.45, 7) is 5.54. The minimum atomic E-state index is -1.16. The van der Waals surface area contributed by atoms with E-state index in [1.807, 2.05) is 36.4 Å².